The average Bonchev–Trinajstić information content (AvgIpc) is 2.63. The van der Waals surface area contributed by atoms with Crippen molar-refractivity contribution in [1.82, 2.24) is 15.5 Å². The van der Waals surface area contributed by atoms with Crippen molar-refractivity contribution < 1.29 is 4.79 Å². The lowest BCUT2D eigenvalue weighted by atomic mass is 10.0. The Morgan fingerprint density at radius 1 is 1.12 bits per heavy atom. The summed E-state index contributed by atoms with van der Waals surface area (Å²) in [5.74, 6) is -0.148. The van der Waals surface area contributed by atoms with Gasteiger partial charge in [-0.3, -0.25) is 9.59 Å². The van der Waals surface area contributed by atoms with E-state index in [-0.39, 0.29) is 18.0 Å². The van der Waals surface area contributed by atoms with Gasteiger partial charge in [-0.25, -0.2) is 5.10 Å². The van der Waals surface area contributed by atoms with Gasteiger partial charge < -0.3 is 16.4 Å². The van der Waals surface area contributed by atoms with Gasteiger partial charge in [-0.1, -0.05) is 30.3 Å². The second-order valence-electron chi connectivity index (χ2n) is 5.54. The molecule has 7 heteroatoms. The van der Waals surface area contributed by atoms with Crippen molar-refractivity contribution in [3.05, 3.63) is 58.9 Å². The summed E-state index contributed by atoms with van der Waals surface area (Å²) >= 11 is 0. The molecule has 0 saturated carbocycles. The van der Waals surface area contributed by atoms with E-state index in [1.54, 1.807) is 12.1 Å². The highest BCUT2D eigenvalue weighted by Crippen LogP contribution is 2.26. The highest BCUT2D eigenvalue weighted by molar-refractivity contribution is 5.96. The number of fused-ring (bicyclic) bond motifs is 1. The summed E-state index contributed by atoms with van der Waals surface area (Å²) in [5.41, 5.74) is 7.28. The molecule has 0 unspecified atom stereocenters. The van der Waals surface area contributed by atoms with Gasteiger partial charge in [0, 0.05) is 29.7 Å². The number of anilines is 1. The smallest absolute Gasteiger partial charge is 0.272 e. The summed E-state index contributed by atoms with van der Waals surface area (Å²) in [4.78, 5) is 23.8. The zero-order valence-corrected chi connectivity index (χ0v) is 13.6. The molecule has 3 aromatic rings. The number of rotatable bonds is 6. The van der Waals surface area contributed by atoms with Crippen molar-refractivity contribution in [1.29, 1.82) is 0 Å². The van der Waals surface area contributed by atoms with E-state index in [1.807, 2.05) is 36.4 Å². The van der Waals surface area contributed by atoms with Gasteiger partial charge in [-0.15, -0.1) is 0 Å². The van der Waals surface area contributed by atoms with Crippen LogP contribution in [0.15, 0.2) is 53.3 Å². The van der Waals surface area contributed by atoms with Gasteiger partial charge in [0.15, 0.2) is 0 Å². The van der Waals surface area contributed by atoms with Crippen LogP contribution in [-0.4, -0.2) is 35.7 Å². The minimum Gasteiger partial charge on any atom is -0.329 e. The predicted molar refractivity (Wildman–Crippen MR) is 98.4 cm³/mol. The lowest BCUT2D eigenvalue weighted by Crippen LogP contribution is -2.31. The predicted octanol–water partition coefficient (Wildman–Crippen LogP) is 1.08. The fourth-order valence-corrected chi connectivity index (χ4v) is 2.59. The molecule has 0 aliphatic heterocycles. The number of benzene rings is 2. The number of aromatic amines is 1. The molecule has 5 N–H and O–H groups in total. The van der Waals surface area contributed by atoms with Gasteiger partial charge in [0.1, 0.15) is 0 Å². The maximum atomic E-state index is 11.9. The van der Waals surface area contributed by atoms with E-state index in [4.69, 9.17) is 5.73 Å². The monoisotopic (exact) mass is 337 g/mol. The maximum absolute atomic E-state index is 11.9. The zero-order chi connectivity index (χ0) is 17.6. The molecule has 0 aliphatic rings. The summed E-state index contributed by atoms with van der Waals surface area (Å²) in [5, 5.41) is 13.8. The van der Waals surface area contributed by atoms with Crippen LogP contribution < -0.4 is 21.9 Å². The van der Waals surface area contributed by atoms with Crippen LogP contribution in [0, 0.1) is 0 Å². The fourth-order valence-electron chi connectivity index (χ4n) is 2.59. The molecule has 2 aromatic carbocycles. The second-order valence-corrected chi connectivity index (χ2v) is 5.54. The molecule has 0 fully saturated rings. The normalized spacial score (nSPS) is 10.8. The standard InChI is InChI=1S/C18H19N5O2/c19-8-9-20-11-16(24)21-13-5-3-4-12(10-13)17-14-6-1-2-7-15(14)18(25)23-22-17/h1-7,10,20H,8-9,11,19H2,(H,21,24)(H,23,25). The Bertz CT molecular complexity index is 951. The highest BCUT2D eigenvalue weighted by atomic mass is 16.2. The van der Waals surface area contributed by atoms with Crippen molar-refractivity contribution in [2.45, 2.75) is 0 Å². The highest BCUT2D eigenvalue weighted by Gasteiger charge is 2.09. The lowest BCUT2D eigenvalue weighted by Gasteiger charge is -2.09. The van der Waals surface area contributed by atoms with Crippen molar-refractivity contribution in [3.8, 4) is 11.3 Å². The Balaban J connectivity index is 1.89. The fraction of sp³-hybridized carbons (Fsp3) is 0.167. The van der Waals surface area contributed by atoms with Crippen LogP contribution in [0.25, 0.3) is 22.0 Å². The molecule has 1 heterocycles. The first-order valence-corrected chi connectivity index (χ1v) is 7.97. The number of hydrogen-bond acceptors (Lipinski definition) is 5. The molecular weight excluding hydrogens is 318 g/mol. The van der Waals surface area contributed by atoms with Crippen LogP contribution in [0.5, 0.6) is 0 Å². The van der Waals surface area contributed by atoms with Crippen LogP contribution >= 0.6 is 0 Å². The minimum absolute atomic E-state index is 0.148. The molecule has 1 amide bonds. The Morgan fingerprint density at radius 2 is 1.92 bits per heavy atom. The van der Waals surface area contributed by atoms with Crippen LogP contribution in [0.2, 0.25) is 0 Å². The average molecular weight is 337 g/mol. The lowest BCUT2D eigenvalue weighted by molar-refractivity contribution is -0.115. The number of carbonyl (C=O) groups excluding carboxylic acids is 1. The maximum Gasteiger partial charge on any atom is 0.272 e. The van der Waals surface area contributed by atoms with Gasteiger partial charge in [0.05, 0.1) is 17.6 Å². The van der Waals surface area contributed by atoms with Gasteiger partial charge in [0.25, 0.3) is 5.56 Å². The van der Waals surface area contributed by atoms with E-state index in [9.17, 15) is 9.59 Å². The first-order chi connectivity index (χ1) is 12.2. The van der Waals surface area contributed by atoms with Gasteiger partial charge in [-0.05, 0) is 18.2 Å². The van der Waals surface area contributed by atoms with Crippen molar-refractivity contribution in [2.24, 2.45) is 5.73 Å². The minimum atomic E-state index is -0.227. The third-order valence-corrected chi connectivity index (χ3v) is 3.72. The summed E-state index contributed by atoms with van der Waals surface area (Å²) in [6.07, 6.45) is 0. The molecule has 128 valence electrons. The van der Waals surface area contributed by atoms with Gasteiger partial charge in [-0.2, -0.15) is 5.10 Å². The van der Waals surface area contributed by atoms with Crippen molar-refractivity contribution >= 4 is 22.4 Å². The number of hydrogen-bond donors (Lipinski definition) is 4. The Morgan fingerprint density at radius 3 is 2.72 bits per heavy atom. The summed E-state index contributed by atoms with van der Waals surface area (Å²) in [6, 6.07) is 14.6. The molecule has 0 aliphatic carbocycles. The number of nitrogens with one attached hydrogen (secondary N) is 3. The zero-order valence-electron chi connectivity index (χ0n) is 13.6. The molecule has 0 spiro atoms. The molecular formula is C18H19N5O2. The Kier molecular flexibility index (Phi) is 5.17. The summed E-state index contributed by atoms with van der Waals surface area (Å²) in [6.45, 7) is 1.26. The van der Waals surface area contributed by atoms with Crippen LogP contribution in [0.1, 0.15) is 0 Å². The van der Waals surface area contributed by atoms with Crippen LogP contribution in [-0.2, 0) is 4.79 Å². The van der Waals surface area contributed by atoms with E-state index in [1.165, 1.54) is 0 Å². The third-order valence-electron chi connectivity index (χ3n) is 3.72. The van der Waals surface area contributed by atoms with E-state index < -0.39 is 0 Å². The van der Waals surface area contributed by atoms with Crippen LogP contribution in [0.4, 0.5) is 5.69 Å². The SMILES string of the molecule is NCCNCC(=O)Nc1cccc(-c2n[nH]c(=O)c3ccccc23)c1. The molecule has 0 radical (unpaired) electrons. The number of H-pyrrole nitrogens is 1. The molecule has 1 aromatic heterocycles. The Labute approximate surface area is 144 Å². The number of amides is 1. The van der Waals surface area contributed by atoms with Gasteiger partial charge >= 0.3 is 0 Å². The molecule has 25 heavy (non-hydrogen) atoms. The number of aromatic nitrogens is 2. The molecule has 0 saturated heterocycles. The number of carbonyl (C=O) groups is 1. The summed E-state index contributed by atoms with van der Waals surface area (Å²) < 4.78 is 0. The van der Waals surface area contributed by atoms with E-state index >= 15 is 0 Å². The van der Waals surface area contributed by atoms with E-state index in [2.05, 4.69) is 20.8 Å². The van der Waals surface area contributed by atoms with Gasteiger partial charge in [0.2, 0.25) is 5.91 Å². The first-order valence-electron chi connectivity index (χ1n) is 7.97. The summed E-state index contributed by atoms with van der Waals surface area (Å²) in [7, 11) is 0. The van der Waals surface area contributed by atoms with E-state index in [0.29, 0.717) is 29.9 Å². The number of nitrogens with zero attached hydrogens (tertiary/aromatic N) is 1. The molecule has 3 rings (SSSR count). The quantitative estimate of drug-likeness (QED) is 0.503. The van der Waals surface area contributed by atoms with Crippen molar-refractivity contribution in [2.75, 3.05) is 25.0 Å². The first kappa shape index (κ1) is 16.8. The topological polar surface area (TPSA) is 113 Å². The Hall–Kier alpha value is -3.03. The van der Waals surface area contributed by atoms with Crippen molar-refractivity contribution in [3.63, 3.8) is 0 Å². The van der Waals surface area contributed by atoms with Crippen LogP contribution in [0.3, 0.4) is 0 Å². The molecule has 7 nitrogen and oxygen atoms in total. The van der Waals surface area contributed by atoms with E-state index in [0.717, 1.165) is 10.9 Å². The second kappa shape index (κ2) is 7.69. The largest absolute Gasteiger partial charge is 0.329 e. The molecule has 0 bridgehead atoms. The number of nitrogens with two attached hydrogens (primary N) is 1. The molecule has 0 atom stereocenters. The third kappa shape index (κ3) is 3.90.